The fourth-order valence-corrected chi connectivity index (χ4v) is 2.33. The van der Waals surface area contributed by atoms with Crippen LogP contribution >= 0.6 is 0 Å². The summed E-state index contributed by atoms with van der Waals surface area (Å²) in [6.07, 6.45) is 2.72. The van der Waals surface area contributed by atoms with E-state index in [4.69, 9.17) is 4.74 Å². The van der Waals surface area contributed by atoms with Crippen LogP contribution in [0.2, 0.25) is 0 Å². The van der Waals surface area contributed by atoms with Crippen molar-refractivity contribution in [2.24, 2.45) is 0 Å². The third kappa shape index (κ3) is 3.72. The maximum Gasteiger partial charge on any atom is 0.115 e. The van der Waals surface area contributed by atoms with Crippen molar-refractivity contribution in [1.82, 2.24) is 4.90 Å². The average molecular weight is 235 g/mol. The third-order valence-electron chi connectivity index (χ3n) is 3.28. The van der Waals surface area contributed by atoms with Gasteiger partial charge in [0.05, 0.1) is 6.10 Å². The molecule has 1 aromatic rings. The van der Waals surface area contributed by atoms with Gasteiger partial charge in [-0.2, -0.15) is 0 Å². The second kappa shape index (κ2) is 6.03. The van der Waals surface area contributed by atoms with Crippen molar-refractivity contribution in [3.8, 4) is 5.75 Å². The lowest BCUT2D eigenvalue weighted by molar-refractivity contribution is 0.0125. The molecule has 0 amide bonds. The van der Waals surface area contributed by atoms with Crippen LogP contribution in [0, 0.1) is 0 Å². The van der Waals surface area contributed by atoms with Gasteiger partial charge >= 0.3 is 0 Å². The molecule has 2 rings (SSSR count). The molecule has 1 N–H and O–H groups in total. The number of rotatable bonds is 4. The Labute approximate surface area is 103 Å². The molecule has 0 spiro atoms. The lowest BCUT2D eigenvalue weighted by Gasteiger charge is -2.31. The summed E-state index contributed by atoms with van der Waals surface area (Å²) in [7, 11) is 0. The Morgan fingerprint density at radius 3 is 2.47 bits per heavy atom. The molecule has 0 aromatic heterocycles. The fourth-order valence-electron chi connectivity index (χ4n) is 2.33. The summed E-state index contributed by atoms with van der Waals surface area (Å²) in [6, 6.07) is 7.48. The van der Waals surface area contributed by atoms with Crippen LogP contribution in [0.3, 0.4) is 0 Å². The van der Waals surface area contributed by atoms with E-state index < -0.39 is 0 Å². The van der Waals surface area contributed by atoms with E-state index >= 15 is 0 Å². The molecule has 1 aromatic carbocycles. The van der Waals surface area contributed by atoms with Crippen LogP contribution < -0.4 is 0 Å². The van der Waals surface area contributed by atoms with Crippen molar-refractivity contribution < 1.29 is 9.84 Å². The Bertz CT molecular complexity index is 329. The zero-order chi connectivity index (χ0) is 12.1. The van der Waals surface area contributed by atoms with Crippen LogP contribution in [0.15, 0.2) is 24.3 Å². The van der Waals surface area contributed by atoms with Crippen LogP contribution in [0.1, 0.15) is 25.3 Å². The van der Waals surface area contributed by atoms with Crippen LogP contribution in [0.25, 0.3) is 0 Å². The number of hydrogen-bond donors (Lipinski definition) is 1. The Hall–Kier alpha value is -1.06. The molecule has 17 heavy (non-hydrogen) atoms. The second-order valence-electron chi connectivity index (χ2n) is 4.60. The van der Waals surface area contributed by atoms with Gasteiger partial charge in [-0.3, -0.25) is 4.90 Å². The molecule has 0 saturated carbocycles. The van der Waals surface area contributed by atoms with Gasteiger partial charge in [-0.1, -0.05) is 12.1 Å². The molecule has 1 heterocycles. The van der Waals surface area contributed by atoms with Crippen molar-refractivity contribution in [2.45, 2.75) is 32.4 Å². The van der Waals surface area contributed by atoms with Crippen molar-refractivity contribution in [3.63, 3.8) is 0 Å². The van der Waals surface area contributed by atoms with E-state index in [2.05, 4.69) is 11.8 Å². The van der Waals surface area contributed by atoms with E-state index in [-0.39, 0.29) is 0 Å². The summed E-state index contributed by atoms with van der Waals surface area (Å²) in [5.74, 6) is 0.337. The number of phenols is 1. The van der Waals surface area contributed by atoms with Crippen LogP contribution in [0.5, 0.6) is 5.75 Å². The molecule has 0 bridgehead atoms. The summed E-state index contributed by atoms with van der Waals surface area (Å²) in [4.78, 5) is 2.45. The summed E-state index contributed by atoms with van der Waals surface area (Å²) >= 11 is 0. The topological polar surface area (TPSA) is 32.7 Å². The molecule has 0 unspecified atom stereocenters. The molecule has 94 valence electrons. The van der Waals surface area contributed by atoms with E-state index in [1.807, 2.05) is 12.1 Å². The standard InChI is InChI=1S/C14H21NO2/c1-2-17-14-7-9-15(10-8-14)11-12-3-5-13(16)6-4-12/h3-6,14,16H,2,7-11H2,1H3. The molecule has 3 heteroatoms. The lowest BCUT2D eigenvalue weighted by atomic mass is 10.1. The highest BCUT2D eigenvalue weighted by atomic mass is 16.5. The predicted molar refractivity (Wildman–Crippen MR) is 68.0 cm³/mol. The maximum atomic E-state index is 9.23. The highest BCUT2D eigenvalue weighted by Crippen LogP contribution is 2.17. The van der Waals surface area contributed by atoms with Crippen molar-refractivity contribution in [1.29, 1.82) is 0 Å². The second-order valence-corrected chi connectivity index (χ2v) is 4.60. The van der Waals surface area contributed by atoms with Gasteiger partial charge in [0.2, 0.25) is 0 Å². The number of benzene rings is 1. The van der Waals surface area contributed by atoms with Crippen molar-refractivity contribution in [3.05, 3.63) is 29.8 Å². The highest BCUT2D eigenvalue weighted by Gasteiger charge is 2.18. The zero-order valence-electron chi connectivity index (χ0n) is 10.4. The number of nitrogens with zero attached hydrogens (tertiary/aromatic N) is 1. The molecule has 0 radical (unpaired) electrons. The Morgan fingerprint density at radius 2 is 1.88 bits per heavy atom. The summed E-state index contributed by atoms with van der Waals surface area (Å²) < 4.78 is 5.64. The minimum Gasteiger partial charge on any atom is -0.508 e. The average Bonchev–Trinajstić information content (AvgIpc) is 2.35. The number of phenolic OH excluding ortho intramolecular Hbond substituents is 1. The van der Waals surface area contributed by atoms with E-state index in [1.54, 1.807) is 12.1 Å². The smallest absolute Gasteiger partial charge is 0.115 e. The van der Waals surface area contributed by atoms with E-state index in [0.717, 1.165) is 39.1 Å². The van der Waals surface area contributed by atoms with Gasteiger partial charge in [0.15, 0.2) is 0 Å². The minimum absolute atomic E-state index is 0.337. The van der Waals surface area contributed by atoms with Crippen molar-refractivity contribution >= 4 is 0 Å². The number of piperidine rings is 1. The minimum atomic E-state index is 0.337. The molecule has 3 nitrogen and oxygen atoms in total. The SMILES string of the molecule is CCOC1CCN(Cc2ccc(O)cc2)CC1. The van der Waals surface area contributed by atoms with Gasteiger partial charge in [-0.15, -0.1) is 0 Å². The monoisotopic (exact) mass is 235 g/mol. The largest absolute Gasteiger partial charge is 0.508 e. The molecule has 1 aliphatic heterocycles. The first kappa shape index (κ1) is 12.4. The maximum absolute atomic E-state index is 9.23. The molecule has 1 fully saturated rings. The zero-order valence-corrected chi connectivity index (χ0v) is 10.4. The first-order valence-corrected chi connectivity index (χ1v) is 6.40. The highest BCUT2D eigenvalue weighted by molar-refractivity contribution is 5.25. The van der Waals surface area contributed by atoms with E-state index in [1.165, 1.54) is 5.56 Å². The first-order valence-electron chi connectivity index (χ1n) is 6.40. The van der Waals surface area contributed by atoms with Crippen LogP contribution in [-0.2, 0) is 11.3 Å². The Balaban J connectivity index is 1.79. The number of ether oxygens (including phenoxy) is 1. The summed E-state index contributed by atoms with van der Waals surface area (Å²) in [6.45, 7) is 6.06. The van der Waals surface area contributed by atoms with Gasteiger partial charge in [0.25, 0.3) is 0 Å². The molecule has 1 aliphatic rings. The van der Waals surface area contributed by atoms with E-state index in [0.29, 0.717) is 11.9 Å². The predicted octanol–water partition coefficient (Wildman–Crippen LogP) is 2.39. The van der Waals surface area contributed by atoms with Crippen molar-refractivity contribution in [2.75, 3.05) is 19.7 Å². The Kier molecular flexibility index (Phi) is 4.40. The Morgan fingerprint density at radius 1 is 1.24 bits per heavy atom. The normalized spacial score (nSPS) is 18.4. The van der Waals surface area contributed by atoms with Gasteiger partial charge < -0.3 is 9.84 Å². The molecule has 0 aliphatic carbocycles. The fraction of sp³-hybridized carbons (Fsp3) is 0.571. The van der Waals surface area contributed by atoms with Gasteiger partial charge in [-0.05, 0) is 37.5 Å². The third-order valence-corrected chi connectivity index (χ3v) is 3.28. The van der Waals surface area contributed by atoms with E-state index in [9.17, 15) is 5.11 Å². The first-order chi connectivity index (χ1) is 8.28. The molecular formula is C14H21NO2. The lowest BCUT2D eigenvalue weighted by Crippen LogP contribution is -2.36. The number of likely N-dealkylation sites (tertiary alicyclic amines) is 1. The number of hydrogen-bond acceptors (Lipinski definition) is 3. The van der Waals surface area contributed by atoms with Crippen LogP contribution in [-0.4, -0.2) is 35.8 Å². The van der Waals surface area contributed by atoms with Crippen LogP contribution in [0.4, 0.5) is 0 Å². The van der Waals surface area contributed by atoms with Gasteiger partial charge in [0, 0.05) is 26.2 Å². The molecule has 0 atom stereocenters. The summed E-state index contributed by atoms with van der Waals surface area (Å²) in [5, 5.41) is 9.23. The molecule has 1 saturated heterocycles. The molecular weight excluding hydrogens is 214 g/mol. The number of aromatic hydroxyl groups is 1. The van der Waals surface area contributed by atoms with Gasteiger partial charge in [0.1, 0.15) is 5.75 Å². The van der Waals surface area contributed by atoms with Gasteiger partial charge in [-0.25, -0.2) is 0 Å². The summed E-state index contributed by atoms with van der Waals surface area (Å²) in [5.41, 5.74) is 1.26. The quantitative estimate of drug-likeness (QED) is 0.869.